The lowest BCUT2D eigenvalue weighted by molar-refractivity contribution is -0.141. The topological polar surface area (TPSA) is 38.3 Å². The van der Waals surface area contributed by atoms with Crippen molar-refractivity contribution in [1.82, 2.24) is 0 Å². The first kappa shape index (κ1) is 15.3. The molecule has 0 aliphatic carbocycles. The first-order valence-corrected chi connectivity index (χ1v) is 6.75. The summed E-state index contributed by atoms with van der Waals surface area (Å²) in [4.78, 5) is 12.0. The second-order valence-electron chi connectivity index (χ2n) is 4.61. The van der Waals surface area contributed by atoms with E-state index >= 15 is 0 Å². The van der Waals surface area contributed by atoms with Crippen LogP contribution in [-0.4, -0.2) is 13.1 Å². The molecule has 3 nitrogen and oxygen atoms in total. The fourth-order valence-corrected chi connectivity index (χ4v) is 2.28. The third kappa shape index (κ3) is 3.73. The molecule has 0 saturated heterocycles. The number of hydrogen-bond donors (Lipinski definition) is 1. The van der Waals surface area contributed by atoms with Crippen molar-refractivity contribution in [3.05, 3.63) is 64.4 Å². The maximum atomic E-state index is 12.9. The van der Waals surface area contributed by atoms with Crippen LogP contribution in [0, 0.1) is 12.7 Å². The summed E-state index contributed by atoms with van der Waals surface area (Å²) in [5.41, 5.74) is 2.25. The summed E-state index contributed by atoms with van der Waals surface area (Å²) in [6, 6.07) is 10.4. The van der Waals surface area contributed by atoms with Gasteiger partial charge in [-0.1, -0.05) is 17.7 Å². The van der Waals surface area contributed by atoms with E-state index in [9.17, 15) is 9.18 Å². The predicted octanol–water partition coefficient (Wildman–Crippen LogP) is 4.11. The largest absolute Gasteiger partial charge is 0.467 e. The van der Waals surface area contributed by atoms with E-state index in [2.05, 4.69) is 5.32 Å². The predicted molar refractivity (Wildman–Crippen MR) is 81.0 cm³/mol. The SMILES string of the molecule is COC(=O)C(Nc1ccc(F)cc1)c1ccc(Cl)cc1C. The van der Waals surface area contributed by atoms with Crippen LogP contribution in [0.1, 0.15) is 17.2 Å². The molecule has 0 aromatic heterocycles. The zero-order valence-corrected chi connectivity index (χ0v) is 12.4. The molecule has 0 amide bonds. The lowest BCUT2D eigenvalue weighted by Crippen LogP contribution is -2.23. The number of ether oxygens (including phenoxy) is 1. The number of hydrogen-bond acceptors (Lipinski definition) is 3. The molecule has 0 bridgehead atoms. The van der Waals surface area contributed by atoms with Crippen molar-refractivity contribution < 1.29 is 13.9 Å². The molecule has 0 spiro atoms. The highest BCUT2D eigenvalue weighted by molar-refractivity contribution is 6.30. The molecule has 2 aromatic rings. The minimum atomic E-state index is -0.683. The number of halogens is 2. The summed E-state index contributed by atoms with van der Waals surface area (Å²) in [5.74, 6) is -0.761. The Morgan fingerprint density at radius 1 is 1.24 bits per heavy atom. The van der Waals surface area contributed by atoms with E-state index in [0.717, 1.165) is 11.1 Å². The zero-order valence-electron chi connectivity index (χ0n) is 11.7. The van der Waals surface area contributed by atoms with Gasteiger partial charge in [0.2, 0.25) is 0 Å². The number of esters is 1. The van der Waals surface area contributed by atoms with Crippen LogP contribution in [0.4, 0.5) is 10.1 Å². The Kier molecular flexibility index (Phi) is 4.81. The minimum Gasteiger partial charge on any atom is -0.467 e. The van der Waals surface area contributed by atoms with Crippen molar-refractivity contribution in [2.45, 2.75) is 13.0 Å². The van der Waals surface area contributed by atoms with E-state index in [4.69, 9.17) is 16.3 Å². The Bertz CT molecular complexity index is 643. The minimum absolute atomic E-state index is 0.335. The number of aryl methyl sites for hydroxylation is 1. The molecular weight excluding hydrogens is 293 g/mol. The Labute approximate surface area is 127 Å². The van der Waals surface area contributed by atoms with Crippen molar-refractivity contribution in [3.63, 3.8) is 0 Å². The highest BCUT2D eigenvalue weighted by Gasteiger charge is 2.23. The van der Waals surface area contributed by atoms with Crippen LogP contribution in [0.5, 0.6) is 0 Å². The van der Waals surface area contributed by atoms with Gasteiger partial charge in [-0.2, -0.15) is 0 Å². The van der Waals surface area contributed by atoms with Crippen LogP contribution in [-0.2, 0) is 9.53 Å². The Morgan fingerprint density at radius 2 is 1.90 bits per heavy atom. The average molecular weight is 308 g/mol. The second-order valence-corrected chi connectivity index (χ2v) is 5.04. The molecule has 0 aliphatic rings. The highest BCUT2D eigenvalue weighted by Crippen LogP contribution is 2.26. The van der Waals surface area contributed by atoms with Crippen LogP contribution in [0.2, 0.25) is 5.02 Å². The standard InChI is InChI=1S/C16H15ClFNO2/c1-10-9-11(17)3-8-14(10)15(16(20)21-2)19-13-6-4-12(18)5-7-13/h3-9,15,19H,1-2H3. The number of carbonyl (C=O) groups excluding carboxylic acids is 1. The van der Waals surface area contributed by atoms with Crippen LogP contribution in [0.15, 0.2) is 42.5 Å². The number of rotatable bonds is 4. The molecular formula is C16H15ClFNO2. The fourth-order valence-electron chi connectivity index (χ4n) is 2.06. The summed E-state index contributed by atoms with van der Waals surface area (Å²) in [5, 5.41) is 3.65. The summed E-state index contributed by atoms with van der Waals surface area (Å²) in [6.45, 7) is 1.86. The van der Waals surface area contributed by atoms with Gasteiger partial charge in [-0.25, -0.2) is 9.18 Å². The maximum absolute atomic E-state index is 12.9. The van der Waals surface area contributed by atoms with Gasteiger partial charge in [0.05, 0.1) is 7.11 Å². The van der Waals surface area contributed by atoms with Gasteiger partial charge >= 0.3 is 5.97 Å². The summed E-state index contributed by atoms with van der Waals surface area (Å²) in [7, 11) is 1.33. The molecule has 5 heteroatoms. The monoisotopic (exact) mass is 307 g/mol. The van der Waals surface area contributed by atoms with Crippen LogP contribution >= 0.6 is 11.6 Å². The second kappa shape index (κ2) is 6.59. The van der Waals surface area contributed by atoms with E-state index in [1.807, 2.05) is 6.92 Å². The zero-order chi connectivity index (χ0) is 15.4. The van der Waals surface area contributed by atoms with E-state index in [1.54, 1.807) is 30.3 Å². The molecule has 0 heterocycles. The van der Waals surface area contributed by atoms with Gasteiger partial charge in [0.25, 0.3) is 0 Å². The quantitative estimate of drug-likeness (QED) is 0.864. The van der Waals surface area contributed by atoms with Gasteiger partial charge in [-0.05, 0) is 54.4 Å². The number of benzene rings is 2. The first-order chi connectivity index (χ1) is 10.0. The third-order valence-corrected chi connectivity index (χ3v) is 3.37. The molecule has 0 aliphatic heterocycles. The number of nitrogens with one attached hydrogen (secondary N) is 1. The molecule has 2 rings (SSSR count). The molecule has 1 N–H and O–H groups in total. The van der Waals surface area contributed by atoms with Gasteiger partial charge in [-0.3, -0.25) is 0 Å². The molecule has 21 heavy (non-hydrogen) atoms. The van der Waals surface area contributed by atoms with Gasteiger partial charge in [0, 0.05) is 10.7 Å². The molecule has 1 unspecified atom stereocenters. The van der Waals surface area contributed by atoms with Gasteiger partial charge < -0.3 is 10.1 Å². The van der Waals surface area contributed by atoms with E-state index in [-0.39, 0.29) is 5.82 Å². The fraction of sp³-hybridized carbons (Fsp3) is 0.188. The smallest absolute Gasteiger partial charge is 0.332 e. The van der Waals surface area contributed by atoms with Gasteiger partial charge in [0.15, 0.2) is 6.04 Å². The highest BCUT2D eigenvalue weighted by atomic mass is 35.5. The third-order valence-electron chi connectivity index (χ3n) is 3.13. The van der Waals surface area contributed by atoms with Crippen molar-refractivity contribution in [1.29, 1.82) is 0 Å². The molecule has 2 aromatic carbocycles. The molecule has 0 fully saturated rings. The lowest BCUT2D eigenvalue weighted by Gasteiger charge is -2.20. The number of carbonyl (C=O) groups is 1. The van der Waals surface area contributed by atoms with Crippen molar-refractivity contribution in [3.8, 4) is 0 Å². The van der Waals surface area contributed by atoms with E-state index < -0.39 is 12.0 Å². The molecule has 1 atom stereocenters. The average Bonchev–Trinajstić information content (AvgIpc) is 2.47. The normalized spacial score (nSPS) is 11.8. The molecule has 0 saturated carbocycles. The van der Waals surface area contributed by atoms with Crippen molar-refractivity contribution in [2.24, 2.45) is 0 Å². The van der Waals surface area contributed by atoms with Crippen LogP contribution < -0.4 is 5.32 Å². The molecule has 110 valence electrons. The Balaban J connectivity index is 2.34. The van der Waals surface area contributed by atoms with Crippen molar-refractivity contribution >= 4 is 23.3 Å². The van der Waals surface area contributed by atoms with Gasteiger partial charge in [-0.15, -0.1) is 0 Å². The first-order valence-electron chi connectivity index (χ1n) is 6.37. The Morgan fingerprint density at radius 3 is 2.48 bits per heavy atom. The molecule has 0 radical (unpaired) electrons. The summed E-state index contributed by atoms with van der Waals surface area (Å²) in [6.07, 6.45) is 0. The van der Waals surface area contributed by atoms with E-state index in [0.29, 0.717) is 10.7 Å². The number of methoxy groups -OCH3 is 1. The van der Waals surface area contributed by atoms with Crippen molar-refractivity contribution in [2.75, 3.05) is 12.4 Å². The maximum Gasteiger partial charge on any atom is 0.332 e. The van der Waals surface area contributed by atoms with Crippen LogP contribution in [0.25, 0.3) is 0 Å². The van der Waals surface area contributed by atoms with Gasteiger partial charge in [0.1, 0.15) is 5.82 Å². The van der Waals surface area contributed by atoms with E-state index in [1.165, 1.54) is 19.2 Å². The number of anilines is 1. The summed E-state index contributed by atoms with van der Waals surface area (Å²) < 4.78 is 17.8. The Hall–Kier alpha value is -2.07. The summed E-state index contributed by atoms with van der Waals surface area (Å²) >= 11 is 5.93. The lowest BCUT2D eigenvalue weighted by atomic mass is 10.0. The van der Waals surface area contributed by atoms with Crippen LogP contribution in [0.3, 0.4) is 0 Å².